The Hall–Kier alpha value is -2.70. The molecule has 0 aliphatic carbocycles. The van der Waals surface area contributed by atoms with Crippen molar-refractivity contribution in [2.24, 2.45) is 5.41 Å². The van der Waals surface area contributed by atoms with Gasteiger partial charge in [-0.1, -0.05) is 18.2 Å². The summed E-state index contributed by atoms with van der Waals surface area (Å²) < 4.78 is 38.0. The minimum absolute atomic E-state index is 0.0275. The molecule has 26 heavy (non-hydrogen) atoms. The van der Waals surface area contributed by atoms with Gasteiger partial charge in [0.1, 0.15) is 0 Å². The number of aromatic nitrogens is 1. The first-order chi connectivity index (χ1) is 12.2. The minimum atomic E-state index is -4.40. The molecule has 1 fully saturated rings. The Labute approximate surface area is 148 Å². The molecule has 1 aliphatic rings. The summed E-state index contributed by atoms with van der Waals surface area (Å²) in [5.41, 5.74) is -0.516. The molecule has 3 rings (SSSR count). The number of amides is 2. The Morgan fingerprint density at radius 3 is 2.38 bits per heavy atom. The monoisotopic (exact) mass is 362 g/mol. The number of hydrogen-bond acceptors (Lipinski definition) is 3. The van der Waals surface area contributed by atoms with Gasteiger partial charge in [0.25, 0.3) is 0 Å². The van der Waals surface area contributed by atoms with Gasteiger partial charge in [0.15, 0.2) is 0 Å². The smallest absolute Gasteiger partial charge is 0.276 e. The topological polar surface area (TPSA) is 50.3 Å². The van der Waals surface area contributed by atoms with Crippen molar-refractivity contribution in [3.63, 3.8) is 0 Å². The fourth-order valence-corrected chi connectivity index (χ4v) is 3.16. The molecule has 2 heterocycles. The highest BCUT2D eigenvalue weighted by Crippen LogP contribution is 2.37. The fourth-order valence-electron chi connectivity index (χ4n) is 3.16. The van der Waals surface area contributed by atoms with E-state index in [4.69, 9.17) is 0 Å². The first-order valence-corrected chi connectivity index (χ1v) is 8.10. The molecule has 0 radical (unpaired) electrons. The average Bonchev–Trinajstić information content (AvgIpc) is 2.79. The second kappa shape index (κ2) is 6.55. The largest absolute Gasteiger partial charge is 0.416 e. The number of imide groups is 1. The van der Waals surface area contributed by atoms with Gasteiger partial charge in [0, 0.05) is 12.6 Å². The molecule has 136 valence electrons. The van der Waals surface area contributed by atoms with E-state index in [1.54, 1.807) is 31.3 Å². The number of carbonyl (C=O) groups excluding carboxylic acids is 2. The molecular weight excluding hydrogens is 345 g/mol. The summed E-state index contributed by atoms with van der Waals surface area (Å²) in [5.74, 6) is -0.622. The SMILES string of the molecule is CC1(Cc2ccc(C(F)(F)F)cc2)CC(=O)N(Cc2ccccn2)C1=O. The number of hydrogen-bond donors (Lipinski definition) is 0. The quantitative estimate of drug-likeness (QED) is 0.781. The van der Waals surface area contributed by atoms with Crippen molar-refractivity contribution in [2.75, 3.05) is 0 Å². The molecule has 0 spiro atoms. The van der Waals surface area contributed by atoms with E-state index >= 15 is 0 Å². The molecule has 2 aromatic rings. The lowest BCUT2D eigenvalue weighted by Gasteiger charge is -2.22. The van der Waals surface area contributed by atoms with Crippen LogP contribution in [0.25, 0.3) is 0 Å². The molecule has 0 saturated carbocycles. The summed E-state index contributed by atoms with van der Waals surface area (Å²) in [6.07, 6.45) is -2.59. The van der Waals surface area contributed by atoms with Gasteiger partial charge in [0.2, 0.25) is 11.8 Å². The van der Waals surface area contributed by atoms with Crippen LogP contribution in [0.5, 0.6) is 0 Å². The van der Waals surface area contributed by atoms with Crippen LogP contribution in [0.2, 0.25) is 0 Å². The maximum Gasteiger partial charge on any atom is 0.416 e. The molecule has 7 heteroatoms. The van der Waals surface area contributed by atoms with Crippen LogP contribution in [-0.4, -0.2) is 21.7 Å². The van der Waals surface area contributed by atoms with Crippen LogP contribution in [0, 0.1) is 5.41 Å². The molecule has 4 nitrogen and oxygen atoms in total. The van der Waals surface area contributed by atoms with E-state index in [1.807, 2.05) is 0 Å². The summed E-state index contributed by atoms with van der Waals surface area (Å²) in [6.45, 7) is 1.77. The average molecular weight is 362 g/mol. The van der Waals surface area contributed by atoms with Crippen molar-refractivity contribution in [1.82, 2.24) is 9.88 Å². The molecule has 1 atom stereocenters. The third-order valence-electron chi connectivity index (χ3n) is 4.53. The van der Waals surface area contributed by atoms with E-state index in [1.165, 1.54) is 17.0 Å². The van der Waals surface area contributed by atoms with Crippen molar-refractivity contribution in [3.8, 4) is 0 Å². The molecule has 1 aromatic heterocycles. The molecule has 2 amide bonds. The zero-order valence-electron chi connectivity index (χ0n) is 14.1. The summed E-state index contributed by atoms with van der Waals surface area (Å²) in [7, 11) is 0. The number of benzene rings is 1. The summed E-state index contributed by atoms with van der Waals surface area (Å²) in [4.78, 5) is 30.4. The Morgan fingerprint density at radius 2 is 1.81 bits per heavy atom. The lowest BCUT2D eigenvalue weighted by Crippen LogP contribution is -2.35. The maximum absolute atomic E-state index is 12.8. The van der Waals surface area contributed by atoms with Crippen molar-refractivity contribution >= 4 is 11.8 Å². The Morgan fingerprint density at radius 1 is 1.12 bits per heavy atom. The van der Waals surface area contributed by atoms with Crippen molar-refractivity contribution in [2.45, 2.75) is 32.5 Å². The van der Waals surface area contributed by atoms with E-state index in [2.05, 4.69) is 4.98 Å². The van der Waals surface area contributed by atoms with Crippen LogP contribution in [0.1, 0.15) is 30.2 Å². The van der Waals surface area contributed by atoms with Gasteiger partial charge >= 0.3 is 6.18 Å². The van der Waals surface area contributed by atoms with Gasteiger partial charge in [-0.15, -0.1) is 0 Å². The minimum Gasteiger partial charge on any atom is -0.276 e. The summed E-state index contributed by atoms with van der Waals surface area (Å²) in [6, 6.07) is 9.93. The maximum atomic E-state index is 12.8. The molecule has 0 bridgehead atoms. The van der Waals surface area contributed by atoms with Gasteiger partial charge in [-0.05, 0) is 43.2 Å². The second-order valence-corrected chi connectivity index (χ2v) is 6.72. The predicted molar refractivity (Wildman–Crippen MR) is 87.7 cm³/mol. The molecule has 1 saturated heterocycles. The molecule has 1 aromatic carbocycles. The number of pyridine rings is 1. The Balaban J connectivity index is 1.75. The van der Waals surface area contributed by atoms with Gasteiger partial charge in [-0.3, -0.25) is 19.5 Å². The fraction of sp³-hybridized carbons (Fsp3) is 0.316. The van der Waals surface area contributed by atoms with Crippen LogP contribution in [0.15, 0.2) is 48.7 Å². The summed E-state index contributed by atoms with van der Waals surface area (Å²) in [5, 5.41) is 0. The predicted octanol–water partition coefficient (Wildman–Crippen LogP) is 3.61. The van der Waals surface area contributed by atoms with E-state index in [0.717, 1.165) is 12.1 Å². The summed E-state index contributed by atoms with van der Waals surface area (Å²) >= 11 is 0. The van der Waals surface area contributed by atoms with Crippen LogP contribution >= 0.6 is 0 Å². The number of carbonyl (C=O) groups is 2. The molecular formula is C19H17F3N2O2. The third kappa shape index (κ3) is 3.61. The highest BCUT2D eigenvalue weighted by atomic mass is 19.4. The third-order valence-corrected chi connectivity index (χ3v) is 4.53. The highest BCUT2D eigenvalue weighted by molar-refractivity contribution is 6.05. The normalized spacial score (nSPS) is 20.7. The lowest BCUT2D eigenvalue weighted by molar-refractivity contribution is -0.142. The van der Waals surface area contributed by atoms with Gasteiger partial charge in [-0.2, -0.15) is 13.2 Å². The van der Waals surface area contributed by atoms with Crippen molar-refractivity contribution in [3.05, 3.63) is 65.5 Å². The van der Waals surface area contributed by atoms with Gasteiger partial charge in [-0.25, -0.2) is 0 Å². The van der Waals surface area contributed by atoms with Crippen LogP contribution in [0.4, 0.5) is 13.2 Å². The van der Waals surface area contributed by atoms with Crippen LogP contribution in [0.3, 0.4) is 0 Å². The standard InChI is InChI=1S/C19H17F3N2O2/c1-18(10-13-5-7-14(8-6-13)19(20,21)22)11-16(25)24(17(18)26)12-15-4-2-3-9-23-15/h2-9H,10-12H2,1H3. The van der Waals surface area contributed by atoms with E-state index in [-0.39, 0.29) is 31.2 Å². The number of nitrogens with zero attached hydrogens (tertiary/aromatic N) is 2. The van der Waals surface area contributed by atoms with Crippen LogP contribution < -0.4 is 0 Å². The molecule has 0 N–H and O–H groups in total. The van der Waals surface area contributed by atoms with Crippen molar-refractivity contribution in [1.29, 1.82) is 0 Å². The lowest BCUT2D eigenvalue weighted by atomic mass is 9.82. The number of likely N-dealkylation sites (tertiary alicyclic amines) is 1. The first kappa shape index (κ1) is 18.1. The Bertz CT molecular complexity index is 819. The van der Waals surface area contributed by atoms with E-state index < -0.39 is 17.2 Å². The van der Waals surface area contributed by atoms with Gasteiger partial charge < -0.3 is 0 Å². The van der Waals surface area contributed by atoms with Gasteiger partial charge in [0.05, 0.1) is 23.2 Å². The zero-order valence-corrected chi connectivity index (χ0v) is 14.1. The Kier molecular flexibility index (Phi) is 4.56. The number of rotatable bonds is 4. The molecule has 1 unspecified atom stereocenters. The van der Waals surface area contributed by atoms with E-state index in [9.17, 15) is 22.8 Å². The number of halogens is 3. The first-order valence-electron chi connectivity index (χ1n) is 8.10. The number of alkyl halides is 3. The van der Waals surface area contributed by atoms with Crippen LogP contribution in [-0.2, 0) is 28.7 Å². The van der Waals surface area contributed by atoms with Crippen molar-refractivity contribution < 1.29 is 22.8 Å². The highest BCUT2D eigenvalue weighted by Gasteiger charge is 2.48. The van der Waals surface area contributed by atoms with E-state index in [0.29, 0.717) is 11.3 Å². The zero-order chi connectivity index (χ0) is 18.9. The molecule has 1 aliphatic heterocycles. The second-order valence-electron chi connectivity index (χ2n) is 6.72.